The van der Waals surface area contributed by atoms with Crippen LogP contribution in [0.5, 0.6) is 0 Å². The zero-order chi connectivity index (χ0) is 15.3. The summed E-state index contributed by atoms with van der Waals surface area (Å²) in [5.74, 6) is -0.294. The molecule has 0 aliphatic carbocycles. The Labute approximate surface area is 129 Å². The van der Waals surface area contributed by atoms with Crippen LogP contribution < -0.4 is 0 Å². The standard InChI is InChI=1S/C17H18N2O3/c1-22-16(21)14-11-18-15(20)10-13-8-5-9-17(14,19(13)18)12-6-3-2-4-7-12/h2-4,6-7,11,13H,5,8-10H2,1H3/t13-,17-/m0/s1. The maximum absolute atomic E-state index is 12.4. The highest BCUT2D eigenvalue weighted by Crippen LogP contribution is 2.53. The lowest BCUT2D eigenvalue weighted by molar-refractivity contribution is -0.143. The molecule has 0 aromatic heterocycles. The van der Waals surface area contributed by atoms with Crippen molar-refractivity contribution in [3.8, 4) is 0 Å². The SMILES string of the molecule is COC(=O)C1=CN2C(=O)C[C@@H]3CCC[C@@]1(c1ccccc1)N32. The molecule has 0 unspecified atom stereocenters. The zero-order valence-electron chi connectivity index (χ0n) is 12.5. The molecule has 0 saturated carbocycles. The molecular formula is C17H18N2O3. The molecule has 0 spiro atoms. The van der Waals surface area contributed by atoms with Gasteiger partial charge in [0.1, 0.15) is 0 Å². The van der Waals surface area contributed by atoms with Crippen molar-refractivity contribution in [2.45, 2.75) is 37.3 Å². The van der Waals surface area contributed by atoms with Crippen LogP contribution >= 0.6 is 0 Å². The van der Waals surface area contributed by atoms with Crippen LogP contribution in [-0.4, -0.2) is 35.0 Å². The van der Waals surface area contributed by atoms with E-state index in [4.69, 9.17) is 4.74 Å². The highest BCUT2D eigenvalue weighted by atomic mass is 16.5. The van der Waals surface area contributed by atoms with E-state index < -0.39 is 5.54 Å². The topological polar surface area (TPSA) is 49.9 Å². The van der Waals surface area contributed by atoms with E-state index >= 15 is 0 Å². The minimum atomic E-state index is -0.566. The van der Waals surface area contributed by atoms with Gasteiger partial charge in [-0.25, -0.2) is 9.80 Å². The van der Waals surface area contributed by atoms with Gasteiger partial charge < -0.3 is 4.74 Å². The van der Waals surface area contributed by atoms with Gasteiger partial charge in [0.05, 0.1) is 18.2 Å². The van der Waals surface area contributed by atoms with Crippen molar-refractivity contribution >= 4 is 11.9 Å². The molecule has 1 amide bonds. The number of carbonyl (C=O) groups excluding carboxylic acids is 2. The van der Waals surface area contributed by atoms with Gasteiger partial charge in [0.15, 0.2) is 0 Å². The van der Waals surface area contributed by atoms with Gasteiger partial charge in [-0.3, -0.25) is 4.79 Å². The van der Waals surface area contributed by atoms with Crippen LogP contribution in [0, 0.1) is 0 Å². The number of amides is 1. The van der Waals surface area contributed by atoms with E-state index in [1.807, 2.05) is 30.3 Å². The first-order chi connectivity index (χ1) is 10.7. The van der Waals surface area contributed by atoms with Gasteiger partial charge in [-0.05, 0) is 24.8 Å². The number of benzene rings is 1. The highest BCUT2D eigenvalue weighted by molar-refractivity contribution is 5.94. The summed E-state index contributed by atoms with van der Waals surface area (Å²) < 4.78 is 5.00. The van der Waals surface area contributed by atoms with Crippen molar-refractivity contribution in [3.63, 3.8) is 0 Å². The van der Waals surface area contributed by atoms with Gasteiger partial charge in [0.2, 0.25) is 5.91 Å². The molecule has 114 valence electrons. The van der Waals surface area contributed by atoms with E-state index in [-0.39, 0.29) is 17.9 Å². The number of esters is 1. The van der Waals surface area contributed by atoms with Gasteiger partial charge in [0, 0.05) is 18.7 Å². The fourth-order valence-electron chi connectivity index (χ4n) is 4.20. The molecule has 22 heavy (non-hydrogen) atoms. The van der Waals surface area contributed by atoms with Crippen molar-refractivity contribution in [1.29, 1.82) is 0 Å². The molecule has 0 N–H and O–H groups in total. The quantitative estimate of drug-likeness (QED) is 0.783. The highest BCUT2D eigenvalue weighted by Gasteiger charge is 2.60. The lowest BCUT2D eigenvalue weighted by atomic mass is 9.75. The number of methoxy groups -OCH3 is 1. The Morgan fingerprint density at radius 3 is 2.82 bits per heavy atom. The summed E-state index contributed by atoms with van der Waals surface area (Å²) in [5.41, 5.74) is 1.05. The van der Waals surface area contributed by atoms with Gasteiger partial charge in [-0.1, -0.05) is 30.3 Å². The maximum atomic E-state index is 12.4. The summed E-state index contributed by atoms with van der Waals surface area (Å²) in [6.45, 7) is 0. The molecular weight excluding hydrogens is 280 g/mol. The van der Waals surface area contributed by atoms with Gasteiger partial charge in [-0.2, -0.15) is 5.01 Å². The average molecular weight is 298 g/mol. The number of hydrogen-bond donors (Lipinski definition) is 0. The molecule has 5 heteroatoms. The molecule has 1 aromatic carbocycles. The number of ether oxygens (including phenoxy) is 1. The van der Waals surface area contributed by atoms with E-state index in [2.05, 4.69) is 5.01 Å². The lowest BCUT2D eigenvalue weighted by Gasteiger charge is -2.46. The molecule has 3 aliphatic rings. The van der Waals surface area contributed by atoms with Crippen LogP contribution in [0.3, 0.4) is 0 Å². The summed E-state index contributed by atoms with van der Waals surface area (Å²) in [7, 11) is 1.39. The van der Waals surface area contributed by atoms with Crippen molar-refractivity contribution in [1.82, 2.24) is 10.0 Å². The summed E-state index contributed by atoms with van der Waals surface area (Å²) in [6.07, 6.45) is 5.01. The van der Waals surface area contributed by atoms with Crippen LogP contribution in [0.15, 0.2) is 42.1 Å². The molecule has 4 rings (SSSR count). The molecule has 3 heterocycles. The van der Waals surface area contributed by atoms with Crippen LogP contribution in [0.2, 0.25) is 0 Å². The molecule has 0 radical (unpaired) electrons. The molecule has 1 aromatic rings. The number of rotatable bonds is 2. The maximum Gasteiger partial charge on any atom is 0.337 e. The summed E-state index contributed by atoms with van der Waals surface area (Å²) in [6, 6.07) is 10.1. The third-order valence-electron chi connectivity index (χ3n) is 5.06. The lowest BCUT2D eigenvalue weighted by Crippen LogP contribution is -2.54. The smallest absolute Gasteiger partial charge is 0.337 e. The van der Waals surface area contributed by atoms with E-state index in [1.165, 1.54) is 7.11 Å². The van der Waals surface area contributed by atoms with Crippen LogP contribution in [-0.2, 0) is 19.9 Å². The molecule has 2 atom stereocenters. The molecule has 3 aliphatic heterocycles. The number of hydrogen-bond acceptors (Lipinski definition) is 4. The Balaban J connectivity index is 1.93. The third-order valence-corrected chi connectivity index (χ3v) is 5.06. The monoisotopic (exact) mass is 298 g/mol. The van der Waals surface area contributed by atoms with Crippen molar-refractivity contribution in [2.24, 2.45) is 0 Å². The Bertz CT molecular complexity index is 670. The normalized spacial score (nSPS) is 30.2. The largest absolute Gasteiger partial charge is 0.466 e. The van der Waals surface area contributed by atoms with Crippen LogP contribution in [0.1, 0.15) is 31.2 Å². The van der Waals surface area contributed by atoms with Crippen molar-refractivity contribution < 1.29 is 14.3 Å². The summed E-state index contributed by atoms with van der Waals surface area (Å²) >= 11 is 0. The second kappa shape index (κ2) is 4.68. The van der Waals surface area contributed by atoms with Crippen LogP contribution in [0.4, 0.5) is 0 Å². The Hall–Kier alpha value is -2.14. The second-order valence-corrected chi connectivity index (χ2v) is 6.09. The van der Waals surface area contributed by atoms with Crippen molar-refractivity contribution in [3.05, 3.63) is 47.7 Å². The second-order valence-electron chi connectivity index (χ2n) is 6.09. The fourth-order valence-corrected chi connectivity index (χ4v) is 4.20. The van der Waals surface area contributed by atoms with E-state index in [0.717, 1.165) is 24.8 Å². The fraction of sp³-hybridized carbons (Fsp3) is 0.412. The van der Waals surface area contributed by atoms with E-state index in [9.17, 15) is 9.59 Å². The van der Waals surface area contributed by atoms with Crippen molar-refractivity contribution in [2.75, 3.05) is 7.11 Å². The Morgan fingerprint density at radius 2 is 2.09 bits per heavy atom. The predicted octanol–water partition coefficient (Wildman–Crippen LogP) is 1.95. The predicted molar refractivity (Wildman–Crippen MR) is 79.2 cm³/mol. The summed E-state index contributed by atoms with van der Waals surface area (Å²) in [5, 5.41) is 3.75. The van der Waals surface area contributed by atoms with Gasteiger partial charge in [-0.15, -0.1) is 0 Å². The first-order valence-electron chi connectivity index (χ1n) is 7.66. The zero-order valence-corrected chi connectivity index (χ0v) is 12.5. The molecule has 2 saturated heterocycles. The summed E-state index contributed by atoms with van der Waals surface area (Å²) in [4.78, 5) is 24.7. The number of piperidine rings is 1. The number of carbonyl (C=O) groups is 2. The van der Waals surface area contributed by atoms with Gasteiger partial charge >= 0.3 is 5.97 Å². The Morgan fingerprint density at radius 1 is 1.32 bits per heavy atom. The van der Waals surface area contributed by atoms with Gasteiger partial charge in [0.25, 0.3) is 0 Å². The minimum Gasteiger partial charge on any atom is -0.466 e. The third kappa shape index (κ3) is 1.57. The van der Waals surface area contributed by atoms with E-state index in [1.54, 1.807) is 11.2 Å². The van der Waals surface area contributed by atoms with Crippen LogP contribution in [0.25, 0.3) is 0 Å². The van der Waals surface area contributed by atoms with E-state index in [0.29, 0.717) is 12.0 Å². The Kier molecular flexibility index (Phi) is 2.87. The molecule has 2 fully saturated rings. The number of nitrogens with zero attached hydrogens (tertiary/aromatic N) is 2. The molecule has 5 nitrogen and oxygen atoms in total. The number of hydrazine groups is 1. The first kappa shape index (κ1) is 13.5. The average Bonchev–Trinajstić information content (AvgIpc) is 3.08. The first-order valence-corrected chi connectivity index (χ1v) is 7.66. The minimum absolute atomic E-state index is 0.0612. The molecule has 0 bridgehead atoms.